The zero-order valence-corrected chi connectivity index (χ0v) is 16.5. The number of hydrogen-bond acceptors (Lipinski definition) is 5. The van der Waals surface area contributed by atoms with E-state index in [-0.39, 0.29) is 11.6 Å². The summed E-state index contributed by atoms with van der Waals surface area (Å²) in [5, 5.41) is 16.1. The number of nitrogens with zero attached hydrogens (tertiary/aromatic N) is 2. The van der Waals surface area contributed by atoms with Crippen molar-refractivity contribution in [1.82, 2.24) is 10.3 Å². The topological polar surface area (TPSA) is 77.5 Å². The molecule has 0 bridgehead atoms. The van der Waals surface area contributed by atoms with Gasteiger partial charge in [-0.2, -0.15) is 0 Å². The van der Waals surface area contributed by atoms with Gasteiger partial charge in [-0.05, 0) is 48.4 Å². The number of aromatic nitrogens is 1. The predicted octanol–water partition coefficient (Wildman–Crippen LogP) is 4.11. The lowest BCUT2D eigenvalue weighted by atomic mass is 10.0. The number of carbonyl (C=O) groups is 1. The lowest BCUT2D eigenvalue weighted by molar-refractivity contribution is 0.0698. The van der Waals surface area contributed by atoms with E-state index in [0.29, 0.717) is 12.2 Å². The van der Waals surface area contributed by atoms with Crippen LogP contribution in [-0.2, 0) is 6.54 Å². The van der Waals surface area contributed by atoms with Gasteiger partial charge in [0.05, 0.1) is 23.5 Å². The van der Waals surface area contributed by atoms with E-state index in [4.69, 9.17) is 0 Å². The molecular weight excluding hydrogens is 364 g/mol. The minimum Gasteiger partial charge on any atom is -0.478 e. The molecule has 1 atom stereocenters. The lowest BCUT2D eigenvalue weighted by Gasteiger charge is -2.21. The van der Waals surface area contributed by atoms with Gasteiger partial charge in [0.1, 0.15) is 0 Å². The smallest absolute Gasteiger partial charge is 0.337 e. The number of hydrogen-bond donors (Lipinski definition) is 3. The highest BCUT2D eigenvalue weighted by atomic mass is 16.4. The first-order valence-corrected chi connectivity index (χ1v) is 9.60. The Bertz CT molecular complexity index is 1030. The average molecular weight is 388 g/mol. The van der Waals surface area contributed by atoms with Gasteiger partial charge in [-0.15, -0.1) is 0 Å². The van der Waals surface area contributed by atoms with Crippen molar-refractivity contribution in [2.75, 3.05) is 23.8 Å². The summed E-state index contributed by atoms with van der Waals surface area (Å²) in [4.78, 5) is 17.6. The molecule has 0 saturated heterocycles. The van der Waals surface area contributed by atoms with E-state index in [9.17, 15) is 9.90 Å². The van der Waals surface area contributed by atoms with E-state index in [1.54, 1.807) is 6.20 Å². The number of rotatable bonds is 6. The van der Waals surface area contributed by atoms with Crippen LogP contribution < -0.4 is 15.5 Å². The average Bonchev–Trinajstić information content (AvgIpc) is 3.14. The van der Waals surface area contributed by atoms with Crippen LogP contribution in [0.4, 0.5) is 17.1 Å². The minimum absolute atomic E-state index is 0.116. The van der Waals surface area contributed by atoms with E-state index in [1.165, 1.54) is 29.0 Å². The zero-order chi connectivity index (χ0) is 20.4. The monoisotopic (exact) mass is 388 g/mol. The molecule has 0 unspecified atom stereocenters. The van der Waals surface area contributed by atoms with Gasteiger partial charge < -0.3 is 20.6 Å². The molecule has 1 aliphatic rings. The summed E-state index contributed by atoms with van der Waals surface area (Å²) in [6.07, 6.45) is 3.04. The van der Waals surface area contributed by atoms with E-state index in [2.05, 4.69) is 77.0 Å². The minimum atomic E-state index is -0.960. The van der Waals surface area contributed by atoms with Crippen LogP contribution in [-0.4, -0.2) is 29.7 Å². The van der Waals surface area contributed by atoms with Crippen molar-refractivity contribution in [3.05, 3.63) is 83.2 Å². The molecule has 0 saturated carbocycles. The molecule has 6 nitrogen and oxygen atoms in total. The Labute approximate surface area is 170 Å². The summed E-state index contributed by atoms with van der Waals surface area (Å²) in [6, 6.07) is 16.6. The molecular formula is C23H24N4O2. The molecule has 1 aromatic heterocycles. The number of fused-ring (bicyclic) bond motifs is 1. The van der Waals surface area contributed by atoms with Crippen LogP contribution in [0.15, 0.2) is 60.9 Å². The van der Waals surface area contributed by atoms with E-state index < -0.39 is 5.97 Å². The van der Waals surface area contributed by atoms with Crippen molar-refractivity contribution in [2.45, 2.75) is 19.5 Å². The van der Waals surface area contributed by atoms with E-state index in [0.717, 1.165) is 17.9 Å². The summed E-state index contributed by atoms with van der Waals surface area (Å²) in [7, 11) is 2.07. The highest BCUT2D eigenvalue weighted by Gasteiger charge is 2.23. The van der Waals surface area contributed by atoms with E-state index >= 15 is 0 Å². The summed E-state index contributed by atoms with van der Waals surface area (Å²) in [6.45, 7) is 3.46. The zero-order valence-electron chi connectivity index (χ0n) is 16.5. The van der Waals surface area contributed by atoms with Gasteiger partial charge in [0, 0.05) is 37.7 Å². The molecule has 29 heavy (non-hydrogen) atoms. The van der Waals surface area contributed by atoms with E-state index in [1.807, 2.05) is 0 Å². The number of pyridine rings is 1. The molecule has 0 spiro atoms. The molecule has 4 rings (SSSR count). The Hall–Kier alpha value is -3.38. The molecule has 3 aromatic rings. The highest BCUT2D eigenvalue weighted by molar-refractivity contribution is 5.93. The van der Waals surface area contributed by atoms with Crippen LogP contribution in [0.5, 0.6) is 0 Å². The number of anilines is 3. The second-order valence-electron chi connectivity index (χ2n) is 7.32. The maximum atomic E-state index is 11.4. The van der Waals surface area contributed by atoms with Crippen LogP contribution in [0.25, 0.3) is 0 Å². The number of benzene rings is 2. The second kappa shape index (κ2) is 7.93. The van der Waals surface area contributed by atoms with Gasteiger partial charge in [0.2, 0.25) is 0 Å². The molecule has 1 aliphatic heterocycles. The van der Waals surface area contributed by atoms with Crippen molar-refractivity contribution in [3.63, 3.8) is 0 Å². The van der Waals surface area contributed by atoms with Crippen molar-refractivity contribution in [1.29, 1.82) is 0 Å². The number of carboxylic acid groups (broad SMARTS) is 1. The molecule has 0 radical (unpaired) electrons. The van der Waals surface area contributed by atoms with Crippen molar-refractivity contribution in [3.8, 4) is 0 Å². The Kier molecular flexibility index (Phi) is 5.18. The SMILES string of the molecule is Cc1ccc(N(C)c2ccc3c(c2)CN[C@H]3CNc2cnccc2C(=O)O)cc1. The maximum Gasteiger partial charge on any atom is 0.337 e. The first-order valence-electron chi connectivity index (χ1n) is 9.60. The summed E-state index contributed by atoms with van der Waals surface area (Å²) >= 11 is 0. The number of aromatic carboxylic acids is 1. The van der Waals surface area contributed by atoms with Crippen molar-refractivity contribution < 1.29 is 9.90 Å². The number of aryl methyl sites for hydroxylation is 1. The summed E-state index contributed by atoms with van der Waals surface area (Å²) in [5.41, 5.74) is 6.80. The first-order chi connectivity index (χ1) is 14.0. The fraction of sp³-hybridized carbons (Fsp3) is 0.217. The summed E-state index contributed by atoms with van der Waals surface area (Å²) in [5.74, 6) is -0.960. The van der Waals surface area contributed by atoms with Gasteiger partial charge in [0.15, 0.2) is 0 Å². The van der Waals surface area contributed by atoms with Crippen LogP contribution in [0.2, 0.25) is 0 Å². The van der Waals surface area contributed by atoms with Crippen LogP contribution in [0, 0.1) is 6.92 Å². The molecule has 0 aliphatic carbocycles. The molecule has 0 amide bonds. The molecule has 0 fully saturated rings. The Morgan fingerprint density at radius 3 is 2.72 bits per heavy atom. The van der Waals surface area contributed by atoms with Crippen LogP contribution >= 0.6 is 0 Å². The largest absolute Gasteiger partial charge is 0.478 e. The molecule has 2 aromatic carbocycles. The quantitative estimate of drug-likeness (QED) is 0.590. The Balaban J connectivity index is 1.49. The molecule has 148 valence electrons. The Morgan fingerprint density at radius 2 is 1.97 bits per heavy atom. The molecule has 6 heteroatoms. The third kappa shape index (κ3) is 3.93. The number of nitrogens with one attached hydrogen (secondary N) is 2. The lowest BCUT2D eigenvalue weighted by Crippen LogP contribution is -2.22. The molecule has 3 N–H and O–H groups in total. The van der Waals surface area contributed by atoms with Gasteiger partial charge in [-0.3, -0.25) is 4.98 Å². The third-order valence-electron chi connectivity index (χ3n) is 5.40. The van der Waals surface area contributed by atoms with Crippen LogP contribution in [0.3, 0.4) is 0 Å². The van der Waals surface area contributed by atoms with Crippen molar-refractivity contribution in [2.24, 2.45) is 0 Å². The predicted molar refractivity (Wildman–Crippen MR) is 115 cm³/mol. The highest BCUT2D eigenvalue weighted by Crippen LogP contribution is 2.32. The normalized spacial score (nSPS) is 15.0. The van der Waals surface area contributed by atoms with Crippen molar-refractivity contribution >= 4 is 23.0 Å². The van der Waals surface area contributed by atoms with Gasteiger partial charge in [-0.1, -0.05) is 23.8 Å². The van der Waals surface area contributed by atoms with Gasteiger partial charge in [0.25, 0.3) is 0 Å². The second-order valence-corrected chi connectivity index (χ2v) is 7.32. The molecule has 2 heterocycles. The standard InChI is InChI=1S/C23H24N4O2/c1-15-3-5-17(6-4-15)27(2)18-7-8-19-16(11-18)12-25-22(19)14-26-21-13-24-10-9-20(21)23(28)29/h3-11,13,22,25-26H,12,14H2,1-2H3,(H,28,29)/t22-/m0/s1. The fourth-order valence-electron chi connectivity index (χ4n) is 3.67. The van der Waals surface area contributed by atoms with Crippen LogP contribution in [0.1, 0.15) is 33.1 Å². The summed E-state index contributed by atoms with van der Waals surface area (Å²) < 4.78 is 0. The number of carboxylic acids is 1. The first kappa shape index (κ1) is 19.0. The maximum absolute atomic E-state index is 11.4. The van der Waals surface area contributed by atoms with Gasteiger partial charge in [-0.25, -0.2) is 4.79 Å². The Morgan fingerprint density at radius 1 is 1.21 bits per heavy atom. The third-order valence-corrected chi connectivity index (χ3v) is 5.40. The fourth-order valence-corrected chi connectivity index (χ4v) is 3.67. The van der Waals surface area contributed by atoms with Gasteiger partial charge >= 0.3 is 5.97 Å².